The zero-order chi connectivity index (χ0) is 11.3. The van der Waals surface area contributed by atoms with Crippen molar-refractivity contribution in [3.8, 4) is 0 Å². The fourth-order valence-electron chi connectivity index (χ4n) is 1.56. The molecule has 0 bridgehead atoms. The summed E-state index contributed by atoms with van der Waals surface area (Å²) >= 11 is 4.28. The largest absolute Gasteiger partial charge is 0.469 e. The van der Waals surface area contributed by atoms with Gasteiger partial charge >= 0.3 is 5.97 Å². The maximum Gasteiger partial charge on any atom is 0.306 e. The Bertz CT molecular complexity index is 336. The molecule has 0 radical (unpaired) electrons. The number of carbonyl (C=O) groups excluding carboxylic acids is 1. The molecule has 1 atom stereocenters. The lowest BCUT2D eigenvalue weighted by Gasteiger charge is -2.14. The van der Waals surface area contributed by atoms with E-state index in [1.165, 1.54) is 7.11 Å². The summed E-state index contributed by atoms with van der Waals surface area (Å²) in [5.41, 5.74) is 1.15. The van der Waals surface area contributed by atoms with Crippen molar-refractivity contribution in [2.75, 3.05) is 7.11 Å². The lowest BCUT2D eigenvalue weighted by molar-refractivity contribution is -0.141. The number of thiol groups is 1. The highest BCUT2D eigenvalue weighted by molar-refractivity contribution is 7.80. The van der Waals surface area contributed by atoms with E-state index < -0.39 is 0 Å². The number of benzene rings is 1. The highest BCUT2D eigenvalue weighted by Gasteiger charge is 2.14. The Labute approximate surface area is 96.1 Å². The van der Waals surface area contributed by atoms with Crippen molar-refractivity contribution in [2.45, 2.75) is 30.6 Å². The number of hydrogen-bond donors (Lipinski definition) is 1. The minimum Gasteiger partial charge on any atom is -0.469 e. The third-order valence-corrected chi connectivity index (χ3v) is 2.75. The molecule has 0 aliphatic heterocycles. The van der Waals surface area contributed by atoms with Crippen LogP contribution in [0.25, 0.3) is 0 Å². The van der Waals surface area contributed by atoms with Crippen LogP contribution in [0.15, 0.2) is 29.2 Å². The molecule has 0 aromatic heterocycles. The van der Waals surface area contributed by atoms with Crippen LogP contribution < -0.4 is 0 Å². The summed E-state index contributed by atoms with van der Waals surface area (Å²) in [7, 11) is 1.42. The fourth-order valence-corrected chi connectivity index (χ4v) is 1.80. The predicted molar refractivity (Wildman–Crippen MR) is 63.4 cm³/mol. The van der Waals surface area contributed by atoms with E-state index in [9.17, 15) is 4.79 Å². The minimum absolute atomic E-state index is 0.161. The Morgan fingerprint density at radius 1 is 1.53 bits per heavy atom. The maximum atomic E-state index is 11.2. The number of methoxy groups -OCH3 is 1. The SMILES string of the molecule is CC[C@H](CC(=O)OC)c1cccc(S)c1. The van der Waals surface area contributed by atoms with Crippen LogP contribution in [0, 0.1) is 0 Å². The molecule has 3 heteroatoms. The molecule has 2 nitrogen and oxygen atoms in total. The van der Waals surface area contributed by atoms with Gasteiger partial charge in [0.05, 0.1) is 13.5 Å². The van der Waals surface area contributed by atoms with Crippen LogP contribution in [0.5, 0.6) is 0 Å². The predicted octanol–water partition coefficient (Wildman–Crippen LogP) is 3.03. The molecule has 0 aliphatic rings. The highest BCUT2D eigenvalue weighted by atomic mass is 32.1. The van der Waals surface area contributed by atoms with Gasteiger partial charge in [-0.3, -0.25) is 4.79 Å². The van der Waals surface area contributed by atoms with E-state index in [-0.39, 0.29) is 11.9 Å². The second-order valence-corrected chi connectivity index (χ2v) is 4.00. The summed E-state index contributed by atoms with van der Waals surface area (Å²) in [6, 6.07) is 7.91. The number of hydrogen-bond acceptors (Lipinski definition) is 3. The maximum absolute atomic E-state index is 11.2. The summed E-state index contributed by atoms with van der Waals surface area (Å²) in [4.78, 5) is 12.1. The molecule has 0 spiro atoms. The number of ether oxygens (including phenoxy) is 1. The summed E-state index contributed by atoms with van der Waals surface area (Å²) in [6.07, 6.45) is 1.36. The van der Waals surface area contributed by atoms with Crippen molar-refractivity contribution >= 4 is 18.6 Å². The summed E-state index contributed by atoms with van der Waals surface area (Å²) in [5.74, 6) is 0.0657. The van der Waals surface area contributed by atoms with Crippen molar-refractivity contribution in [1.29, 1.82) is 0 Å². The molecule has 15 heavy (non-hydrogen) atoms. The molecule has 0 saturated carbocycles. The van der Waals surface area contributed by atoms with Crippen LogP contribution in [0.3, 0.4) is 0 Å². The molecule has 0 unspecified atom stereocenters. The second-order valence-electron chi connectivity index (χ2n) is 3.48. The van der Waals surface area contributed by atoms with E-state index in [1.807, 2.05) is 24.3 Å². The van der Waals surface area contributed by atoms with Gasteiger partial charge in [-0.2, -0.15) is 0 Å². The second kappa shape index (κ2) is 5.81. The lowest BCUT2D eigenvalue weighted by Crippen LogP contribution is -2.08. The van der Waals surface area contributed by atoms with Gasteiger partial charge in [-0.05, 0) is 30.0 Å². The Morgan fingerprint density at radius 2 is 2.27 bits per heavy atom. The van der Waals surface area contributed by atoms with Gasteiger partial charge in [0.15, 0.2) is 0 Å². The van der Waals surface area contributed by atoms with Crippen molar-refractivity contribution in [2.24, 2.45) is 0 Å². The molecule has 0 aliphatic carbocycles. The van der Waals surface area contributed by atoms with Crippen molar-refractivity contribution in [1.82, 2.24) is 0 Å². The van der Waals surface area contributed by atoms with Crippen LogP contribution in [-0.2, 0) is 9.53 Å². The quantitative estimate of drug-likeness (QED) is 0.628. The molecule has 1 aromatic rings. The molecular formula is C12H16O2S. The third kappa shape index (κ3) is 3.59. The first-order chi connectivity index (χ1) is 7.17. The summed E-state index contributed by atoms with van der Waals surface area (Å²) < 4.78 is 4.68. The number of rotatable bonds is 4. The van der Waals surface area contributed by atoms with Crippen molar-refractivity contribution < 1.29 is 9.53 Å². The van der Waals surface area contributed by atoms with Crippen molar-refractivity contribution in [3.05, 3.63) is 29.8 Å². The van der Waals surface area contributed by atoms with Gasteiger partial charge in [-0.1, -0.05) is 19.1 Å². The molecule has 0 N–H and O–H groups in total. The van der Waals surface area contributed by atoms with E-state index in [0.717, 1.165) is 16.9 Å². The Morgan fingerprint density at radius 3 is 2.80 bits per heavy atom. The number of esters is 1. The van der Waals surface area contributed by atoms with E-state index in [0.29, 0.717) is 6.42 Å². The van der Waals surface area contributed by atoms with Crippen LogP contribution in [0.4, 0.5) is 0 Å². The van der Waals surface area contributed by atoms with Crippen LogP contribution in [0.1, 0.15) is 31.2 Å². The molecule has 1 aromatic carbocycles. The van der Waals surface area contributed by atoms with Gasteiger partial charge in [0.25, 0.3) is 0 Å². The van der Waals surface area contributed by atoms with Crippen LogP contribution in [0.2, 0.25) is 0 Å². The first-order valence-electron chi connectivity index (χ1n) is 5.03. The number of carbonyl (C=O) groups is 1. The van der Waals surface area contributed by atoms with E-state index in [1.54, 1.807) is 0 Å². The zero-order valence-corrected chi connectivity index (χ0v) is 9.96. The van der Waals surface area contributed by atoms with E-state index in [4.69, 9.17) is 0 Å². The van der Waals surface area contributed by atoms with Gasteiger partial charge in [-0.25, -0.2) is 0 Å². The smallest absolute Gasteiger partial charge is 0.306 e. The van der Waals surface area contributed by atoms with E-state index in [2.05, 4.69) is 24.3 Å². The molecule has 0 heterocycles. The van der Waals surface area contributed by atoms with Gasteiger partial charge in [-0.15, -0.1) is 12.6 Å². The van der Waals surface area contributed by atoms with Crippen molar-refractivity contribution in [3.63, 3.8) is 0 Å². The van der Waals surface area contributed by atoms with Gasteiger partial charge in [0, 0.05) is 4.90 Å². The Hall–Kier alpha value is -0.960. The average molecular weight is 224 g/mol. The van der Waals surface area contributed by atoms with Gasteiger partial charge < -0.3 is 4.74 Å². The first-order valence-corrected chi connectivity index (χ1v) is 5.47. The van der Waals surface area contributed by atoms with Gasteiger partial charge in [0.2, 0.25) is 0 Å². The summed E-state index contributed by atoms with van der Waals surface area (Å²) in [6.45, 7) is 2.07. The Balaban J connectivity index is 2.78. The average Bonchev–Trinajstić information content (AvgIpc) is 2.25. The third-order valence-electron chi connectivity index (χ3n) is 2.48. The fraction of sp³-hybridized carbons (Fsp3) is 0.417. The van der Waals surface area contributed by atoms with Crippen LogP contribution >= 0.6 is 12.6 Å². The standard InChI is InChI=1S/C12H16O2S/c1-3-9(8-12(13)14-2)10-5-4-6-11(15)7-10/h4-7,9,15H,3,8H2,1-2H3/t9-/m1/s1. The molecule has 0 amide bonds. The van der Waals surface area contributed by atoms with E-state index >= 15 is 0 Å². The molecule has 1 rings (SSSR count). The van der Waals surface area contributed by atoms with Crippen LogP contribution in [-0.4, -0.2) is 13.1 Å². The Kier molecular flexibility index (Phi) is 4.69. The molecule has 82 valence electrons. The molecule has 0 fully saturated rings. The minimum atomic E-state index is -0.161. The summed E-state index contributed by atoms with van der Waals surface area (Å²) in [5, 5.41) is 0. The first kappa shape index (κ1) is 12.1. The highest BCUT2D eigenvalue weighted by Crippen LogP contribution is 2.25. The molecule has 0 saturated heterocycles. The monoisotopic (exact) mass is 224 g/mol. The zero-order valence-electron chi connectivity index (χ0n) is 9.06. The van der Waals surface area contributed by atoms with Gasteiger partial charge in [0.1, 0.15) is 0 Å². The normalized spacial score (nSPS) is 12.2. The molecular weight excluding hydrogens is 208 g/mol. The topological polar surface area (TPSA) is 26.3 Å². The lowest BCUT2D eigenvalue weighted by atomic mass is 9.93.